The van der Waals surface area contributed by atoms with Crippen LogP contribution >= 0.6 is 0 Å². The maximum absolute atomic E-state index is 13.0. The molecular weight excluding hydrogens is 306 g/mol. The zero-order valence-electron chi connectivity index (χ0n) is 14.3. The normalized spacial score (nSPS) is 20.6. The highest BCUT2D eigenvalue weighted by Gasteiger charge is 2.49. The summed E-state index contributed by atoms with van der Waals surface area (Å²) in [4.78, 5) is 30.9. The minimum absolute atomic E-state index is 0.0883. The number of imide groups is 1. The largest absolute Gasteiger partial charge is 0.444 e. The Balaban J connectivity index is 1.92. The summed E-state index contributed by atoms with van der Waals surface area (Å²) >= 11 is 0. The third-order valence-corrected chi connectivity index (χ3v) is 4.50. The van der Waals surface area contributed by atoms with Crippen LogP contribution in [0.5, 0.6) is 0 Å². The summed E-state index contributed by atoms with van der Waals surface area (Å²) in [7, 11) is 0. The molecule has 1 aromatic carbocycles. The summed E-state index contributed by atoms with van der Waals surface area (Å²) in [5.41, 5.74) is 1.40. The van der Waals surface area contributed by atoms with E-state index >= 15 is 0 Å². The van der Waals surface area contributed by atoms with Crippen LogP contribution in [0.3, 0.4) is 0 Å². The standard InChI is InChI=1S/C18H21N3O3/c1-5-15-19-12(3)14(24-15)10-21-16(22)18(4,20-17(21)23)13-9-7-6-8-11(13)2/h6-9H,5,10H2,1-4H3,(H,20,23)/t18-/m1/s1. The average molecular weight is 327 g/mol. The van der Waals surface area contributed by atoms with E-state index in [9.17, 15) is 9.59 Å². The van der Waals surface area contributed by atoms with Gasteiger partial charge in [0.2, 0.25) is 0 Å². The van der Waals surface area contributed by atoms with Crippen molar-refractivity contribution < 1.29 is 14.0 Å². The van der Waals surface area contributed by atoms with Crippen molar-refractivity contribution in [2.24, 2.45) is 0 Å². The van der Waals surface area contributed by atoms with Crippen LogP contribution < -0.4 is 5.32 Å². The van der Waals surface area contributed by atoms with Gasteiger partial charge in [0, 0.05) is 6.42 Å². The van der Waals surface area contributed by atoms with Gasteiger partial charge in [-0.05, 0) is 31.9 Å². The summed E-state index contributed by atoms with van der Waals surface area (Å²) in [6.07, 6.45) is 0.669. The monoisotopic (exact) mass is 327 g/mol. The molecule has 3 rings (SSSR count). The van der Waals surface area contributed by atoms with Crippen LogP contribution in [0.4, 0.5) is 4.79 Å². The van der Waals surface area contributed by atoms with Crippen LogP contribution in [0.1, 0.15) is 42.3 Å². The molecule has 1 aliphatic heterocycles. The van der Waals surface area contributed by atoms with Gasteiger partial charge in [0.15, 0.2) is 5.89 Å². The molecule has 6 nitrogen and oxygen atoms in total. The van der Waals surface area contributed by atoms with Gasteiger partial charge in [0.25, 0.3) is 5.91 Å². The maximum atomic E-state index is 13.0. The van der Waals surface area contributed by atoms with Crippen molar-refractivity contribution in [1.82, 2.24) is 15.2 Å². The van der Waals surface area contributed by atoms with Gasteiger partial charge in [-0.15, -0.1) is 0 Å². The summed E-state index contributed by atoms with van der Waals surface area (Å²) in [6.45, 7) is 7.51. The molecule has 2 heterocycles. The minimum atomic E-state index is -1.07. The molecule has 0 spiro atoms. The van der Waals surface area contributed by atoms with E-state index in [4.69, 9.17) is 4.42 Å². The first-order chi connectivity index (χ1) is 11.4. The van der Waals surface area contributed by atoms with Gasteiger partial charge in [-0.1, -0.05) is 31.2 Å². The Morgan fingerprint density at radius 1 is 1.25 bits per heavy atom. The van der Waals surface area contributed by atoms with E-state index in [1.807, 2.05) is 45.0 Å². The second-order valence-corrected chi connectivity index (χ2v) is 6.23. The Kier molecular flexibility index (Phi) is 3.91. The minimum Gasteiger partial charge on any atom is -0.444 e. The van der Waals surface area contributed by atoms with Crippen molar-refractivity contribution >= 4 is 11.9 Å². The smallest absolute Gasteiger partial charge is 0.325 e. The van der Waals surface area contributed by atoms with Gasteiger partial charge in [-0.25, -0.2) is 9.78 Å². The summed E-state index contributed by atoms with van der Waals surface area (Å²) in [5.74, 6) is 0.872. The van der Waals surface area contributed by atoms with Gasteiger partial charge in [-0.2, -0.15) is 0 Å². The first kappa shape index (κ1) is 16.2. The molecule has 0 radical (unpaired) electrons. The van der Waals surface area contributed by atoms with Crippen molar-refractivity contribution in [1.29, 1.82) is 0 Å². The van der Waals surface area contributed by atoms with Crippen LogP contribution in [0.15, 0.2) is 28.7 Å². The van der Waals surface area contributed by atoms with E-state index in [1.165, 1.54) is 4.90 Å². The van der Waals surface area contributed by atoms with Gasteiger partial charge in [-0.3, -0.25) is 9.69 Å². The summed E-state index contributed by atoms with van der Waals surface area (Å²) in [5, 5.41) is 2.82. The van der Waals surface area contributed by atoms with Crippen molar-refractivity contribution in [2.75, 3.05) is 0 Å². The lowest BCUT2D eigenvalue weighted by molar-refractivity contribution is -0.131. The molecule has 0 unspecified atom stereocenters. The molecule has 24 heavy (non-hydrogen) atoms. The highest BCUT2D eigenvalue weighted by molar-refractivity contribution is 6.07. The molecule has 3 amide bonds. The Morgan fingerprint density at radius 2 is 1.96 bits per heavy atom. The molecule has 126 valence electrons. The van der Waals surface area contributed by atoms with E-state index in [0.29, 0.717) is 23.8 Å². The third-order valence-electron chi connectivity index (χ3n) is 4.50. The van der Waals surface area contributed by atoms with E-state index in [2.05, 4.69) is 10.3 Å². The lowest BCUT2D eigenvalue weighted by Crippen LogP contribution is -2.41. The molecule has 1 N–H and O–H groups in total. The average Bonchev–Trinajstić information content (AvgIpc) is 3.01. The zero-order valence-corrected chi connectivity index (χ0v) is 14.3. The van der Waals surface area contributed by atoms with Gasteiger partial charge < -0.3 is 9.73 Å². The summed E-state index contributed by atoms with van der Waals surface area (Å²) in [6, 6.07) is 7.15. The first-order valence-corrected chi connectivity index (χ1v) is 8.02. The van der Waals surface area contributed by atoms with E-state index < -0.39 is 11.6 Å². The predicted molar refractivity (Wildman–Crippen MR) is 88.2 cm³/mol. The van der Waals surface area contributed by atoms with Crippen LogP contribution in [0.25, 0.3) is 0 Å². The number of hydrogen-bond donors (Lipinski definition) is 1. The second-order valence-electron chi connectivity index (χ2n) is 6.23. The molecule has 0 saturated carbocycles. The Hall–Kier alpha value is -2.63. The van der Waals surface area contributed by atoms with Crippen LogP contribution in [0, 0.1) is 13.8 Å². The van der Waals surface area contributed by atoms with E-state index in [0.717, 1.165) is 11.1 Å². The number of amides is 3. The van der Waals surface area contributed by atoms with Crippen LogP contribution in [-0.4, -0.2) is 21.8 Å². The highest BCUT2D eigenvalue weighted by atomic mass is 16.4. The van der Waals surface area contributed by atoms with Crippen molar-refractivity contribution in [3.63, 3.8) is 0 Å². The number of aryl methyl sites for hydroxylation is 3. The maximum Gasteiger partial charge on any atom is 0.325 e. The predicted octanol–water partition coefficient (Wildman–Crippen LogP) is 2.82. The van der Waals surface area contributed by atoms with Crippen molar-refractivity contribution in [2.45, 2.75) is 46.2 Å². The number of nitrogens with one attached hydrogen (secondary N) is 1. The number of benzene rings is 1. The number of nitrogens with zero attached hydrogens (tertiary/aromatic N) is 2. The van der Waals surface area contributed by atoms with Gasteiger partial charge in [0.1, 0.15) is 11.3 Å². The van der Waals surface area contributed by atoms with Crippen LogP contribution in [0.2, 0.25) is 0 Å². The molecule has 2 aromatic rings. The molecule has 1 atom stereocenters. The summed E-state index contributed by atoms with van der Waals surface area (Å²) < 4.78 is 5.63. The Bertz CT molecular complexity index is 812. The molecule has 1 aromatic heterocycles. The van der Waals surface area contributed by atoms with Crippen LogP contribution in [-0.2, 0) is 23.3 Å². The number of aromatic nitrogens is 1. The Morgan fingerprint density at radius 3 is 2.58 bits per heavy atom. The second kappa shape index (κ2) is 5.78. The molecule has 0 bridgehead atoms. The van der Waals surface area contributed by atoms with Crippen molar-refractivity contribution in [3.8, 4) is 0 Å². The molecular formula is C18H21N3O3. The number of hydrogen-bond acceptors (Lipinski definition) is 4. The topological polar surface area (TPSA) is 75.4 Å². The highest BCUT2D eigenvalue weighted by Crippen LogP contribution is 2.32. The third kappa shape index (κ3) is 2.48. The SMILES string of the molecule is CCc1nc(C)c(CN2C(=O)N[C@](C)(c3ccccc3C)C2=O)o1. The lowest BCUT2D eigenvalue weighted by atomic mass is 9.88. The van der Waals surface area contributed by atoms with Crippen molar-refractivity contribution in [3.05, 3.63) is 52.7 Å². The quantitative estimate of drug-likeness (QED) is 0.876. The fourth-order valence-corrected chi connectivity index (χ4v) is 3.09. The van der Waals surface area contributed by atoms with Gasteiger partial charge >= 0.3 is 6.03 Å². The molecule has 6 heteroatoms. The molecule has 1 saturated heterocycles. The zero-order chi connectivity index (χ0) is 17.5. The number of urea groups is 1. The molecule has 0 aliphatic carbocycles. The molecule has 1 fully saturated rings. The number of rotatable bonds is 4. The fraction of sp³-hybridized carbons (Fsp3) is 0.389. The number of carbonyl (C=O) groups is 2. The fourth-order valence-electron chi connectivity index (χ4n) is 3.09. The van der Waals surface area contributed by atoms with Gasteiger partial charge in [0.05, 0.1) is 12.2 Å². The van der Waals surface area contributed by atoms with E-state index in [1.54, 1.807) is 6.92 Å². The Labute approximate surface area is 140 Å². The number of carbonyl (C=O) groups excluding carboxylic acids is 2. The van der Waals surface area contributed by atoms with E-state index in [-0.39, 0.29) is 12.5 Å². The lowest BCUT2D eigenvalue weighted by Gasteiger charge is -2.24. The first-order valence-electron chi connectivity index (χ1n) is 8.02. The number of oxazole rings is 1. The molecule has 1 aliphatic rings.